The third kappa shape index (κ3) is 7.72. The number of benzene rings is 3. The number of carbonyl (C=O) groups is 3. The van der Waals surface area contributed by atoms with Crippen LogP contribution >= 0.6 is 27.5 Å². The number of anilines is 2. The number of halogens is 2. The first-order chi connectivity index (χ1) is 16.3. The van der Waals surface area contributed by atoms with Gasteiger partial charge in [0.2, 0.25) is 0 Å². The van der Waals surface area contributed by atoms with Gasteiger partial charge >= 0.3 is 11.8 Å². The highest BCUT2D eigenvalue weighted by Crippen LogP contribution is 2.20. The average molecular weight is 544 g/mol. The molecule has 0 saturated heterocycles. The Bertz CT molecular complexity index is 1230. The standard InChI is InChI=1S/C24H20BrClN4O4/c1-15-11-19(7-10-21(15)25)28-22(31)14-34-20-8-5-16(6-9-20)13-27-30-24(33)23(32)29-18-4-2-3-17(26)12-18/h2-13H,14H2,1H3,(H,28,31)(H,29,32)(H,30,33)/b27-13-. The summed E-state index contributed by atoms with van der Waals surface area (Å²) in [7, 11) is 0. The van der Waals surface area contributed by atoms with Crippen molar-refractivity contribution in [3.8, 4) is 5.75 Å². The molecule has 0 spiro atoms. The van der Waals surface area contributed by atoms with Gasteiger partial charge in [-0.05, 0) is 78.7 Å². The van der Waals surface area contributed by atoms with E-state index in [0.29, 0.717) is 27.7 Å². The van der Waals surface area contributed by atoms with Crippen LogP contribution in [0.2, 0.25) is 5.02 Å². The van der Waals surface area contributed by atoms with Crippen LogP contribution in [-0.2, 0) is 14.4 Å². The summed E-state index contributed by atoms with van der Waals surface area (Å²) in [6.45, 7) is 1.78. The molecule has 8 nitrogen and oxygen atoms in total. The number of rotatable bonds is 7. The molecular weight excluding hydrogens is 524 g/mol. The first-order valence-corrected chi connectivity index (χ1v) is 11.2. The van der Waals surface area contributed by atoms with Crippen LogP contribution in [0.4, 0.5) is 11.4 Å². The fraction of sp³-hybridized carbons (Fsp3) is 0.0833. The Morgan fingerprint density at radius 2 is 1.71 bits per heavy atom. The van der Waals surface area contributed by atoms with Crippen LogP contribution in [0.1, 0.15) is 11.1 Å². The van der Waals surface area contributed by atoms with Gasteiger partial charge in [-0.1, -0.05) is 33.6 Å². The predicted molar refractivity (Wildman–Crippen MR) is 135 cm³/mol. The Hall–Kier alpha value is -3.69. The van der Waals surface area contributed by atoms with E-state index in [1.807, 2.05) is 19.1 Å². The van der Waals surface area contributed by atoms with Gasteiger partial charge in [0.15, 0.2) is 6.61 Å². The van der Waals surface area contributed by atoms with Crippen molar-refractivity contribution in [1.29, 1.82) is 0 Å². The van der Waals surface area contributed by atoms with E-state index < -0.39 is 11.8 Å². The molecule has 0 aromatic heterocycles. The van der Waals surface area contributed by atoms with Gasteiger partial charge in [-0.2, -0.15) is 5.10 Å². The third-order valence-corrected chi connectivity index (χ3v) is 5.49. The maximum absolute atomic E-state index is 12.1. The highest BCUT2D eigenvalue weighted by atomic mass is 79.9. The second-order valence-corrected chi connectivity index (χ2v) is 8.32. The van der Waals surface area contributed by atoms with Gasteiger partial charge in [0.25, 0.3) is 5.91 Å². The average Bonchev–Trinajstić information content (AvgIpc) is 2.81. The highest BCUT2D eigenvalue weighted by Gasteiger charge is 2.13. The molecule has 0 saturated carbocycles. The first kappa shape index (κ1) is 24.9. The molecule has 0 aliphatic rings. The van der Waals surface area contributed by atoms with Crippen molar-refractivity contribution in [2.24, 2.45) is 5.10 Å². The number of nitrogens with zero attached hydrogens (tertiary/aromatic N) is 1. The summed E-state index contributed by atoms with van der Waals surface area (Å²) in [5.74, 6) is -1.60. The molecule has 10 heteroatoms. The zero-order valence-electron chi connectivity index (χ0n) is 18.0. The lowest BCUT2D eigenvalue weighted by Gasteiger charge is -2.09. The van der Waals surface area contributed by atoms with Crippen LogP contribution in [0.25, 0.3) is 0 Å². The lowest BCUT2D eigenvalue weighted by Crippen LogP contribution is -2.32. The molecule has 3 N–H and O–H groups in total. The second-order valence-electron chi connectivity index (χ2n) is 7.03. The number of hydrogen-bond donors (Lipinski definition) is 3. The van der Waals surface area contributed by atoms with Crippen LogP contribution in [0.3, 0.4) is 0 Å². The van der Waals surface area contributed by atoms with Crippen molar-refractivity contribution >= 4 is 62.8 Å². The van der Waals surface area contributed by atoms with E-state index in [9.17, 15) is 14.4 Å². The molecule has 3 aromatic rings. The number of carbonyl (C=O) groups excluding carboxylic acids is 3. The predicted octanol–water partition coefficient (Wildman–Crippen LogP) is 4.52. The van der Waals surface area contributed by atoms with Crippen molar-refractivity contribution in [2.75, 3.05) is 17.2 Å². The van der Waals surface area contributed by atoms with Crippen molar-refractivity contribution in [3.05, 3.63) is 87.4 Å². The summed E-state index contributed by atoms with van der Waals surface area (Å²) in [6.07, 6.45) is 1.37. The summed E-state index contributed by atoms with van der Waals surface area (Å²) in [5.41, 5.74) is 4.89. The molecule has 0 atom stereocenters. The summed E-state index contributed by atoms with van der Waals surface area (Å²) >= 11 is 9.26. The minimum atomic E-state index is -0.928. The topological polar surface area (TPSA) is 109 Å². The molecule has 3 aromatic carbocycles. The molecule has 34 heavy (non-hydrogen) atoms. The molecule has 0 unspecified atom stereocenters. The van der Waals surface area contributed by atoms with Crippen LogP contribution in [0, 0.1) is 6.92 Å². The Morgan fingerprint density at radius 3 is 2.41 bits per heavy atom. The highest BCUT2D eigenvalue weighted by molar-refractivity contribution is 9.10. The molecule has 174 valence electrons. The monoisotopic (exact) mass is 542 g/mol. The molecular formula is C24H20BrClN4O4. The van der Waals surface area contributed by atoms with E-state index in [0.717, 1.165) is 10.0 Å². The van der Waals surface area contributed by atoms with Gasteiger partial charge < -0.3 is 15.4 Å². The second kappa shape index (κ2) is 12.0. The fourth-order valence-electron chi connectivity index (χ4n) is 2.69. The SMILES string of the molecule is Cc1cc(NC(=O)COc2ccc(/C=N\NC(=O)C(=O)Nc3cccc(Cl)c3)cc2)ccc1Br. The van der Waals surface area contributed by atoms with Gasteiger partial charge in [-0.15, -0.1) is 0 Å². The van der Waals surface area contributed by atoms with Crippen LogP contribution < -0.4 is 20.8 Å². The normalized spacial score (nSPS) is 10.6. The van der Waals surface area contributed by atoms with Gasteiger partial charge in [-0.3, -0.25) is 14.4 Å². The molecule has 0 fully saturated rings. The summed E-state index contributed by atoms with van der Waals surface area (Å²) in [5, 5.41) is 9.39. The molecule has 3 amide bonds. The number of amides is 3. The third-order valence-electron chi connectivity index (χ3n) is 4.36. The van der Waals surface area contributed by atoms with E-state index in [1.54, 1.807) is 48.5 Å². The summed E-state index contributed by atoms with van der Waals surface area (Å²) in [6, 6.07) is 18.6. The van der Waals surface area contributed by atoms with Crippen molar-refractivity contribution in [2.45, 2.75) is 6.92 Å². The van der Waals surface area contributed by atoms with E-state index in [2.05, 4.69) is 37.1 Å². The Labute approximate surface area is 209 Å². The summed E-state index contributed by atoms with van der Waals surface area (Å²) in [4.78, 5) is 35.8. The van der Waals surface area contributed by atoms with Gasteiger partial charge in [0.1, 0.15) is 5.75 Å². The number of nitrogens with one attached hydrogen (secondary N) is 3. The van der Waals surface area contributed by atoms with E-state index >= 15 is 0 Å². The van der Waals surface area contributed by atoms with Crippen molar-refractivity contribution < 1.29 is 19.1 Å². The van der Waals surface area contributed by atoms with Crippen molar-refractivity contribution in [3.63, 3.8) is 0 Å². The Balaban J connectivity index is 1.43. The molecule has 3 rings (SSSR count). The van der Waals surface area contributed by atoms with Crippen LogP contribution in [-0.4, -0.2) is 30.5 Å². The van der Waals surface area contributed by atoms with Gasteiger partial charge in [0.05, 0.1) is 6.21 Å². The zero-order chi connectivity index (χ0) is 24.5. The lowest BCUT2D eigenvalue weighted by atomic mass is 10.2. The number of ether oxygens (including phenoxy) is 1. The minimum absolute atomic E-state index is 0.152. The Kier molecular flexibility index (Phi) is 8.78. The fourth-order valence-corrected chi connectivity index (χ4v) is 3.13. The number of aryl methyl sites for hydroxylation is 1. The summed E-state index contributed by atoms with van der Waals surface area (Å²) < 4.78 is 6.45. The largest absolute Gasteiger partial charge is 0.484 e. The first-order valence-electron chi connectivity index (χ1n) is 9.99. The number of hydrogen-bond acceptors (Lipinski definition) is 5. The van der Waals surface area contributed by atoms with Crippen LogP contribution in [0.5, 0.6) is 5.75 Å². The van der Waals surface area contributed by atoms with Gasteiger partial charge in [-0.25, -0.2) is 5.43 Å². The Morgan fingerprint density at radius 1 is 0.971 bits per heavy atom. The quantitative estimate of drug-likeness (QED) is 0.231. The lowest BCUT2D eigenvalue weighted by molar-refractivity contribution is -0.136. The molecule has 0 radical (unpaired) electrons. The molecule has 0 aliphatic carbocycles. The van der Waals surface area contributed by atoms with Crippen LogP contribution in [0.15, 0.2) is 76.3 Å². The molecule has 0 heterocycles. The smallest absolute Gasteiger partial charge is 0.329 e. The van der Waals surface area contributed by atoms with E-state index in [4.69, 9.17) is 16.3 Å². The number of hydrazone groups is 1. The van der Waals surface area contributed by atoms with Crippen molar-refractivity contribution in [1.82, 2.24) is 5.43 Å². The maximum Gasteiger partial charge on any atom is 0.329 e. The van der Waals surface area contributed by atoms with E-state index in [1.165, 1.54) is 12.3 Å². The zero-order valence-corrected chi connectivity index (χ0v) is 20.3. The van der Waals surface area contributed by atoms with Gasteiger partial charge in [0, 0.05) is 20.9 Å². The minimum Gasteiger partial charge on any atom is -0.484 e. The maximum atomic E-state index is 12.1. The molecule has 0 bridgehead atoms. The van der Waals surface area contributed by atoms with E-state index in [-0.39, 0.29) is 12.5 Å². The molecule has 0 aliphatic heterocycles.